The van der Waals surface area contributed by atoms with E-state index in [2.05, 4.69) is 15.2 Å². The molecule has 3 rings (SSSR count). The first-order chi connectivity index (χ1) is 16.0. The Kier molecular flexibility index (Phi) is 10.3. The molecule has 0 amide bonds. The van der Waals surface area contributed by atoms with Gasteiger partial charge in [0.05, 0.1) is 29.8 Å². The molecule has 1 unspecified atom stereocenters. The summed E-state index contributed by atoms with van der Waals surface area (Å²) in [4.78, 5) is 27.2. The molecule has 0 spiro atoms. The van der Waals surface area contributed by atoms with Crippen molar-refractivity contribution in [2.45, 2.75) is 12.5 Å². The number of rotatable bonds is 8. The maximum atomic E-state index is 12.1. The molecule has 0 radical (unpaired) electrons. The molecule has 10 heteroatoms. The second-order valence-corrected chi connectivity index (χ2v) is 6.36. The van der Waals surface area contributed by atoms with E-state index in [4.69, 9.17) is 8.41 Å². The Labute approximate surface area is 198 Å². The number of benzene rings is 3. The van der Waals surface area contributed by atoms with Crippen LogP contribution in [0.25, 0.3) is 0 Å². The van der Waals surface area contributed by atoms with Crippen molar-refractivity contribution in [3.8, 4) is 11.5 Å². The fraction of sp³-hybridized carbons (Fsp3) is 0.0870. The van der Waals surface area contributed by atoms with Gasteiger partial charge in [-0.15, -0.1) is 0 Å². The predicted molar refractivity (Wildman–Crippen MR) is 110 cm³/mol. The van der Waals surface area contributed by atoms with Crippen LogP contribution in [0.2, 0.25) is 0 Å². The molecule has 0 bridgehead atoms. The third-order valence-electron chi connectivity index (χ3n) is 4.03. The van der Waals surface area contributed by atoms with Crippen LogP contribution in [0.3, 0.4) is 0 Å². The van der Waals surface area contributed by atoms with E-state index in [1.165, 1.54) is 18.2 Å². The van der Waals surface area contributed by atoms with Crippen molar-refractivity contribution >= 4 is 29.5 Å². The zero-order valence-electron chi connectivity index (χ0n) is 17.1. The van der Waals surface area contributed by atoms with Gasteiger partial charge in [-0.3, -0.25) is 9.79 Å². The van der Waals surface area contributed by atoms with E-state index in [9.17, 15) is 19.8 Å². The molecule has 0 saturated carbocycles. The first-order valence-corrected chi connectivity index (χ1v) is 10.0. The number of carboxylic acid groups (broad SMARTS) is 1. The average Bonchev–Trinajstić information content (AvgIpc) is 2.84. The maximum absolute atomic E-state index is 12.1. The number of carbonyl (C=O) groups excluding carboxylic acids is 2. The number of nitrogens with zero attached hydrogens (tertiary/aromatic N) is 3. The Bertz CT molecular complexity index is 1120. The van der Waals surface area contributed by atoms with Crippen LogP contribution < -0.4 is 14.9 Å². The quantitative estimate of drug-likeness (QED) is 0.209. The van der Waals surface area contributed by atoms with Crippen LogP contribution >= 0.6 is 0 Å². The molecule has 0 heterocycles. The molecule has 3 aromatic carbocycles. The van der Waals surface area contributed by atoms with Gasteiger partial charge in [0.15, 0.2) is 0 Å². The Morgan fingerprint density at radius 1 is 0.909 bits per heavy atom. The average molecular weight is 482 g/mol. The minimum absolute atomic E-state index is 0.104. The van der Waals surface area contributed by atoms with Gasteiger partial charge in [-0.1, -0.05) is 48.2 Å². The summed E-state index contributed by atoms with van der Waals surface area (Å²) >= 11 is 1.06. The molecule has 0 aliphatic rings. The van der Waals surface area contributed by atoms with Crippen LogP contribution in [0.4, 0.5) is 11.4 Å². The number of aliphatic carboxylic acids is 1. The van der Waals surface area contributed by atoms with Gasteiger partial charge in [0.25, 0.3) is 0 Å². The summed E-state index contributed by atoms with van der Waals surface area (Å²) in [6.07, 6.45) is 0.537. The molecular weight excluding hydrogens is 465 g/mol. The third-order valence-corrected chi connectivity index (χ3v) is 4.03. The first-order valence-electron chi connectivity index (χ1n) is 9.47. The van der Waals surface area contributed by atoms with Crippen molar-refractivity contribution in [3.05, 3.63) is 84.4 Å². The Morgan fingerprint density at radius 2 is 1.52 bits per heavy atom. The normalized spacial score (nSPS) is 11.6. The summed E-state index contributed by atoms with van der Waals surface area (Å²) in [6.45, 7) is 0. The van der Waals surface area contributed by atoms with E-state index < -0.39 is 24.4 Å². The first kappa shape index (κ1) is 25.3. The number of aliphatic imine (C=N–C) groups is 1. The van der Waals surface area contributed by atoms with Crippen molar-refractivity contribution in [3.63, 3.8) is 0 Å². The molecule has 3 aromatic rings. The Morgan fingerprint density at radius 3 is 2.15 bits per heavy atom. The summed E-state index contributed by atoms with van der Waals surface area (Å²) in [5.41, 5.74) is 1.13. The van der Waals surface area contributed by atoms with E-state index in [0.717, 1.165) is 23.6 Å². The topological polar surface area (TPSA) is 144 Å². The molecule has 0 N–H and O–H groups in total. The van der Waals surface area contributed by atoms with Gasteiger partial charge in [-0.05, 0) is 42.0 Å². The van der Waals surface area contributed by atoms with E-state index in [1.807, 2.05) is 18.2 Å². The standard InChI is InChI=1S/C23H19N3O5.O.V/c27-21-12-11-18(26-25-17-7-3-1-4-8-17)13-16(21)15-24-20(23(29)30)14-22(28)31-19-9-5-2-6-10-19;;/h1-13,15,20,27H,14H2,(H,29,30);;/q;;+2/p-2. The Balaban J connectivity index is 0.00000187. The van der Waals surface area contributed by atoms with Crippen LogP contribution in [0.15, 0.2) is 94.1 Å². The number of para-hydroxylation sites is 1. The number of carboxylic acids is 1. The summed E-state index contributed by atoms with van der Waals surface area (Å²) in [5, 5.41) is 31.6. The Hall–Kier alpha value is -3.95. The summed E-state index contributed by atoms with van der Waals surface area (Å²) in [7, 11) is 0. The minimum atomic E-state index is -1.56. The molecule has 33 heavy (non-hydrogen) atoms. The molecule has 1 atom stereocenters. The number of hydrogen-bond donors (Lipinski definition) is 0. The van der Waals surface area contributed by atoms with Crippen LogP contribution in [-0.4, -0.2) is 24.2 Å². The number of azo groups is 1. The van der Waals surface area contributed by atoms with Crippen molar-refractivity contribution < 1.29 is 45.6 Å². The summed E-state index contributed by atoms with van der Waals surface area (Å²) in [6, 6.07) is 19.9. The molecule has 165 valence electrons. The van der Waals surface area contributed by atoms with Crippen LogP contribution in [0.1, 0.15) is 12.0 Å². The molecule has 0 aromatic heterocycles. The van der Waals surface area contributed by atoms with Gasteiger partial charge < -0.3 is 19.7 Å². The fourth-order valence-corrected chi connectivity index (χ4v) is 2.50. The third kappa shape index (κ3) is 8.60. The van der Waals surface area contributed by atoms with Crippen LogP contribution in [-0.2, 0) is 30.6 Å². The molecule has 0 aliphatic carbocycles. The molecule has 0 saturated heterocycles. The van der Waals surface area contributed by atoms with E-state index in [0.29, 0.717) is 11.4 Å². The van der Waals surface area contributed by atoms with E-state index in [1.54, 1.807) is 42.5 Å². The monoisotopic (exact) mass is 482 g/mol. The molecule has 9 nitrogen and oxygen atoms in total. The van der Waals surface area contributed by atoms with Crippen molar-refractivity contribution in [2.24, 2.45) is 15.2 Å². The SMILES string of the molecule is O=C(CC(N=Cc1cc(N=Nc2ccccc2)ccc1[O-])C(=O)[O-])Oc1ccccc1.[O]=[V+2]. The van der Waals surface area contributed by atoms with E-state index in [-0.39, 0.29) is 17.1 Å². The number of esters is 1. The van der Waals surface area contributed by atoms with Gasteiger partial charge in [0.1, 0.15) is 5.75 Å². The molecule has 0 fully saturated rings. The van der Waals surface area contributed by atoms with Gasteiger partial charge >= 0.3 is 27.0 Å². The number of hydrogen-bond acceptors (Lipinski definition) is 9. The molecular formula is C23H17N3O6V. The van der Waals surface area contributed by atoms with Gasteiger partial charge in [0.2, 0.25) is 0 Å². The van der Waals surface area contributed by atoms with Crippen LogP contribution in [0.5, 0.6) is 11.5 Å². The van der Waals surface area contributed by atoms with Crippen molar-refractivity contribution in [2.75, 3.05) is 0 Å². The van der Waals surface area contributed by atoms with Gasteiger partial charge in [-0.2, -0.15) is 10.2 Å². The zero-order valence-corrected chi connectivity index (χ0v) is 18.5. The zero-order chi connectivity index (χ0) is 24.1. The van der Waals surface area contributed by atoms with E-state index >= 15 is 0 Å². The van der Waals surface area contributed by atoms with Gasteiger partial charge in [-0.25, -0.2) is 0 Å². The second kappa shape index (κ2) is 13.5. The molecule has 0 aliphatic heterocycles. The predicted octanol–water partition coefficient (Wildman–Crippen LogP) is 2.59. The van der Waals surface area contributed by atoms with Crippen molar-refractivity contribution in [1.82, 2.24) is 0 Å². The number of ether oxygens (including phenoxy) is 1. The number of carbonyl (C=O) groups is 2. The second-order valence-electron chi connectivity index (χ2n) is 6.36. The van der Waals surface area contributed by atoms with Gasteiger partial charge in [0, 0.05) is 6.21 Å². The fourth-order valence-electron chi connectivity index (χ4n) is 2.50. The summed E-state index contributed by atoms with van der Waals surface area (Å²) in [5.74, 6) is -2.45. The summed E-state index contributed by atoms with van der Waals surface area (Å²) < 4.78 is 13.3. The van der Waals surface area contributed by atoms with Crippen LogP contribution in [0, 0.1) is 0 Å². The van der Waals surface area contributed by atoms with Crippen molar-refractivity contribution in [1.29, 1.82) is 0 Å².